The molecule has 62 heavy (non-hydrogen) atoms. The molecule has 10 aromatic rings. The number of anilines is 3. The van der Waals surface area contributed by atoms with Crippen LogP contribution in [0.1, 0.15) is 49.9 Å². The minimum Gasteiger partial charge on any atom is -0.309 e. The van der Waals surface area contributed by atoms with E-state index in [0.29, 0.717) is 0 Å². The molecule has 2 heteroatoms. The molecular weight excluding hydrogens is 767 g/mol. The predicted octanol–water partition coefficient (Wildman–Crippen LogP) is 17.1. The summed E-state index contributed by atoms with van der Waals surface area (Å²) in [4.78, 5) is 2.50. The standard InChI is InChI=1S/C60H45NS/c1-59(2)51-26-11-6-21-48(51)57-46(23-16-27-52(57)59)44-19-8-13-29-54(44)61(53-28-12-7-17-41(53)39-33-36-56-49(37-39)45-20-9-14-30-55(45)62-56)40-34-31-38(32-35-40)42-22-15-24-47-43-18-5-10-25-50(43)60(3,4)58(42)47/h5-37H,1-4H3. The molecule has 1 nitrogen and oxygen atoms in total. The lowest BCUT2D eigenvalue weighted by Gasteiger charge is -2.31. The highest BCUT2D eigenvalue weighted by molar-refractivity contribution is 7.25. The number of rotatable bonds is 6. The van der Waals surface area contributed by atoms with Crippen molar-refractivity contribution in [2.24, 2.45) is 0 Å². The Morgan fingerprint density at radius 3 is 1.68 bits per heavy atom. The highest BCUT2D eigenvalue weighted by atomic mass is 32.1. The average molecular weight is 812 g/mol. The second-order valence-electron chi connectivity index (χ2n) is 18.0. The van der Waals surface area contributed by atoms with E-state index < -0.39 is 0 Å². The molecule has 1 aromatic heterocycles. The van der Waals surface area contributed by atoms with Crippen molar-refractivity contribution in [1.29, 1.82) is 0 Å². The van der Waals surface area contributed by atoms with Crippen LogP contribution in [0.25, 0.3) is 75.8 Å². The molecule has 2 aliphatic carbocycles. The van der Waals surface area contributed by atoms with Crippen LogP contribution in [0, 0.1) is 0 Å². The summed E-state index contributed by atoms with van der Waals surface area (Å²) in [5, 5.41) is 2.61. The van der Waals surface area contributed by atoms with Gasteiger partial charge in [-0.2, -0.15) is 0 Å². The molecule has 0 bridgehead atoms. The largest absolute Gasteiger partial charge is 0.309 e. The molecule has 1 heterocycles. The van der Waals surface area contributed by atoms with Gasteiger partial charge in [0.2, 0.25) is 0 Å². The van der Waals surface area contributed by atoms with Gasteiger partial charge in [-0.05, 0) is 109 Å². The summed E-state index contributed by atoms with van der Waals surface area (Å²) in [6.07, 6.45) is 0. The van der Waals surface area contributed by atoms with Crippen molar-refractivity contribution in [3.8, 4) is 55.6 Å². The summed E-state index contributed by atoms with van der Waals surface area (Å²) in [6.45, 7) is 9.49. The average Bonchev–Trinajstić information content (AvgIpc) is 3.89. The first-order valence-electron chi connectivity index (χ1n) is 21.8. The molecule has 0 unspecified atom stereocenters. The summed E-state index contributed by atoms with van der Waals surface area (Å²) in [5.41, 5.74) is 21.4. The molecule has 12 rings (SSSR count). The van der Waals surface area contributed by atoms with E-state index in [1.165, 1.54) is 98.1 Å². The fourth-order valence-corrected chi connectivity index (χ4v) is 12.1. The fourth-order valence-electron chi connectivity index (χ4n) is 11.0. The maximum absolute atomic E-state index is 2.50. The Labute approximate surface area is 368 Å². The fraction of sp³-hybridized carbons (Fsp3) is 0.100. The van der Waals surface area contributed by atoms with Gasteiger partial charge in [-0.15, -0.1) is 11.3 Å². The van der Waals surface area contributed by atoms with Gasteiger partial charge in [-0.1, -0.05) is 185 Å². The molecule has 0 radical (unpaired) electrons. The van der Waals surface area contributed by atoms with Crippen LogP contribution in [0.5, 0.6) is 0 Å². The van der Waals surface area contributed by atoms with Gasteiger partial charge >= 0.3 is 0 Å². The molecule has 2 aliphatic rings. The second kappa shape index (κ2) is 13.8. The molecular formula is C60H45NS. The molecule has 9 aromatic carbocycles. The molecule has 0 amide bonds. The van der Waals surface area contributed by atoms with Gasteiger partial charge in [0, 0.05) is 47.8 Å². The van der Waals surface area contributed by atoms with E-state index in [9.17, 15) is 0 Å². The number of hydrogen-bond donors (Lipinski definition) is 0. The number of fused-ring (bicyclic) bond motifs is 9. The van der Waals surface area contributed by atoms with E-state index in [1.807, 2.05) is 11.3 Å². The Morgan fingerprint density at radius 2 is 0.887 bits per heavy atom. The van der Waals surface area contributed by atoms with E-state index in [-0.39, 0.29) is 10.8 Å². The van der Waals surface area contributed by atoms with Crippen molar-refractivity contribution >= 4 is 48.6 Å². The Balaban J connectivity index is 1.07. The van der Waals surface area contributed by atoms with Gasteiger partial charge in [0.25, 0.3) is 0 Å². The number of benzene rings is 9. The van der Waals surface area contributed by atoms with Crippen LogP contribution in [0.2, 0.25) is 0 Å². The van der Waals surface area contributed by atoms with Crippen molar-refractivity contribution in [3.05, 3.63) is 222 Å². The third kappa shape index (κ3) is 5.39. The van der Waals surface area contributed by atoms with E-state index in [2.05, 4.69) is 233 Å². The quantitative estimate of drug-likeness (QED) is 0.162. The zero-order valence-corrected chi connectivity index (χ0v) is 36.2. The van der Waals surface area contributed by atoms with Crippen LogP contribution in [0.3, 0.4) is 0 Å². The molecule has 296 valence electrons. The van der Waals surface area contributed by atoms with Crippen molar-refractivity contribution in [1.82, 2.24) is 0 Å². The normalized spacial score (nSPS) is 14.1. The SMILES string of the molecule is CC1(C)c2ccccc2-c2c(-c3ccccc3N(c3ccc(-c4cccc5c4C(C)(C)c4ccccc4-5)cc3)c3ccccc3-c3ccc4sc5ccccc5c4c3)cccc21. The lowest BCUT2D eigenvalue weighted by Crippen LogP contribution is -2.16. The summed E-state index contributed by atoms with van der Waals surface area (Å²) in [5.74, 6) is 0. The second-order valence-corrected chi connectivity index (χ2v) is 19.1. The summed E-state index contributed by atoms with van der Waals surface area (Å²) in [6, 6.07) is 74.8. The van der Waals surface area contributed by atoms with Crippen LogP contribution in [-0.4, -0.2) is 0 Å². The van der Waals surface area contributed by atoms with Gasteiger partial charge in [-0.25, -0.2) is 0 Å². The maximum atomic E-state index is 2.50. The summed E-state index contributed by atoms with van der Waals surface area (Å²) in [7, 11) is 0. The van der Waals surface area contributed by atoms with E-state index in [4.69, 9.17) is 0 Å². The van der Waals surface area contributed by atoms with Crippen molar-refractivity contribution in [2.75, 3.05) is 4.90 Å². The van der Waals surface area contributed by atoms with E-state index in [1.54, 1.807) is 0 Å². The van der Waals surface area contributed by atoms with Crippen molar-refractivity contribution in [2.45, 2.75) is 38.5 Å². The number of hydrogen-bond acceptors (Lipinski definition) is 2. The van der Waals surface area contributed by atoms with Crippen LogP contribution in [0.15, 0.2) is 200 Å². The minimum atomic E-state index is -0.108. The molecule has 0 fully saturated rings. The van der Waals surface area contributed by atoms with Gasteiger partial charge < -0.3 is 4.90 Å². The predicted molar refractivity (Wildman–Crippen MR) is 265 cm³/mol. The molecule has 0 saturated heterocycles. The zero-order valence-electron chi connectivity index (χ0n) is 35.4. The zero-order chi connectivity index (χ0) is 41.7. The topological polar surface area (TPSA) is 3.24 Å². The Bertz CT molecular complexity index is 3420. The molecule has 0 N–H and O–H groups in total. The van der Waals surface area contributed by atoms with Crippen LogP contribution in [-0.2, 0) is 10.8 Å². The maximum Gasteiger partial charge on any atom is 0.0540 e. The first-order valence-corrected chi connectivity index (χ1v) is 22.6. The van der Waals surface area contributed by atoms with E-state index in [0.717, 1.165) is 17.1 Å². The lowest BCUT2D eigenvalue weighted by molar-refractivity contribution is 0.660. The molecule has 0 saturated carbocycles. The van der Waals surface area contributed by atoms with Crippen molar-refractivity contribution in [3.63, 3.8) is 0 Å². The number of thiophene rings is 1. The summed E-state index contributed by atoms with van der Waals surface area (Å²) >= 11 is 1.87. The Kier molecular flexibility index (Phi) is 8.17. The van der Waals surface area contributed by atoms with Gasteiger partial charge in [0.05, 0.1) is 11.4 Å². The Morgan fingerprint density at radius 1 is 0.355 bits per heavy atom. The van der Waals surface area contributed by atoms with Crippen LogP contribution in [0.4, 0.5) is 17.1 Å². The highest BCUT2D eigenvalue weighted by Crippen LogP contribution is 2.55. The minimum absolute atomic E-state index is 0.100. The third-order valence-corrected chi connectivity index (χ3v) is 15.0. The molecule has 0 atom stereocenters. The van der Waals surface area contributed by atoms with Crippen molar-refractivity contribution < 1.29 is 0 Å². The Hall–Kier alpha value is -7.00. The first-order chi connectivity index (χ1) is 30.3. The number of nitrogens with zero attached hydrogens (tertiary/aromatic N) is 1. The number of para-hydroxylation sites is 2. The smallest absolute Gasteiger partial charge is 0.0540 e. The van der Waals surface area contributed by atoms with E-state index >= 15 is 0 Å². The lowest BCUT2D eigenvalue weighted by atomic mass is 9.79. The first kappa shape index (κ1) is 36.8. The third-order valence-electron chi connectivity index (χ3n) is 13.9. The van der Waals surface area contributed by atoms with Gasteiger partial charge in [-0.3, -0.25) is 0 Å². The van der Waals surface area contributed by atoms with Gasteiger partial charge in [0.15, 0.2) is 0 Å². The summed E-state index contributed by atoms with van der Waals surface area (Å²) < 4.78 is 2.63. The highest BCUT2D eigenvalue weighted by Gasteiger charge is 2.38. The monoisotopic (exact) mass is 811 g/mol. The van der Waals surface area contributed by atoms with Crippen LogP contribution >= 0.6 is 11.3 Å². The van der Waals surface area contributed by atoms with Gasteiger partial charge in [0.1, 0.15) is 0 Å². The molecule has 0 aliphatic heterocycles. The molecule has 0 spiro atoms. The van der Waals surface area contributed by atoms with Crippen LogP contribution < -0.4 is 4.90 Å².